The maximum Gasteiger partial charge on any atom is 0.345 e. The number of aryl methyl sites for hydroxylation is 1. The van der Waals surface area contributed by atoms with Gasteiger partial charge in [0.25, 0.3) is 0 Å². The first-order valence-corrected chi connectivity index (χ1v) is 14.6. The molecule has 0 saturated heterocycles. The van der Waals surface area contributed by atoms with Gasteiger partial charge in [0.05, 0.1) is 11.7 Å². The van der Waals surface area contributed by atoms with Crippen LogP contribution in [0.3, 0.4) is 0 Å². The number of carbonyl (C=O) groups excluding carboxylic acids is 3. The van der Waals surface area contributed by atoms with Crippen LogP contribution in [0.4, 0.5) is 0 Å². The smallest absolute Gasteiger partial charge is 0.345 e. The molecule has 3 heterocycles. The summed E-state index contributed by atoms with van der Waals surface area (Å²) in [5, 5.41) is 12.1. The highest BCUT2D eigenvalue weighted by Gasteiger charge is 2.70. The number of ether oxygens (including phenoxy) is 4. The molecule has 44 heavy (non-hydrogen) atoms. The summed E-state index contributed by atoms with van der Waals surface area (Å²) in [6.45, 7) is 9.61. The normalized spacial score (nSPS) is 33.7. The minimum atomic E-state index is -1.33. The largest absolute Gasteiger partial charge is 1.00 e. The minimum Gasteiger partial charge on any atom is -1.00 e. The number of aliphatic hydroxyl groups is 1. The maximum atomic E-state index is 13.5. The highest BCUT2D eigenvalue weighted by atomic mass is 127. The molecule has 2 aromatic rings. The summed E-state index contributed by atoms with van der Waals surface area (Å²) in [7, 11) is 1.85. The summed E-state index contributed by atoms with van der Waals surface area (Å²) in [4.78, 5) is 50.1. The van der Waals surface area contributed by atoms with Crippen LogP contribution in [0, 0.1) is 22.7 Å². The van der Waals surface area contributed by atoms with Gasteiger partial charge in [-0.2, -0.15) is 0 Å². The van der Waals surface area contributed by atoms with Crippen molar-refractivity contribution in [2.24, 2.45) is 29.7 Å². The fourth-order valence-electron chi connectivity index (χ4n) is 8.26. The van der Waals surface area contributed by atoms with E-state index in [0.717, 1.165) is 0 Å². The molecule has 0 spiro atoms. The Morgan fingerprint density at radius 1 is 1.07 bits per heavy atom. The van der Waals surface area contributed by atoms with Gasteiger partial charge < -0.3 is 52.4 Å². The summed E-state index contributed by atoms with van der Waals surface area (Å²) < 4.78 is 31.4. The van der Waals surface area contributed by atoms with E-state index >= 15 is 0 Å². The predicted octanol–water partition coefficient (Wildman–Crippen LogP) is 0.189. The fraction of sp³-hybridized carbons (Fsp3) is 0.594. The van der Waals surface area contributed by atoms with Crippen LogP contribution in [0.1, 0.15) is 72.5 Å². The number of rotatable bonds is 5. The number of aliphatic hydroxyl groups excluding tert-OH is 1. The van der Waals surface area contributed by atoms with Gasteiger partial charge in [-0.1, -0.05) is 13.8 Å². The maximum absolute atomic E-state index is 13.5. The second-order valence-corrected chi connectivity index (χ2v) is 13.0. The van der Waals surface area contributed by atoms with E-state index in [1.807, 2.05) is 37.7 Å². The molecule has 8 atom stereocenters. The standard InChI is InChI=1S/C32H40NO10.HI/c1-17(34)39-16-31(5)23-14-25(41-19(3)36)32(6)28(30(23,4)11-10-24(31)40-18(2)35)27(37)26-22(43-32)13-21(42-29(26)38)20-9-8-12-33(7)15-20;/h8-9,12-13,15,23-25,27-28,37H,10-11,14,16H2,1-7H3;1H/q+1;/p-1/t23?,24-,25-,27?,28?,30-,31-,32+;/m0./s1. The topological polar surface area (TPSA) is 142 Å². The van der Waals surface area contributed by atoms with Crippen molar-refractivity contribution in [3.63, 3.8) is 0 Å². The summed E-state index contributed by atoms with van der Waals surface area (Å²) in [6.07, 6.45) is 2.07. The molecule has 0 aromatic carbocycles. The summed E-state index contributed by atoms with van der Waals surface area (Å²) >= 11 is 0. The molecule has 5 rings (SSSR count). The van der Waals surface area contributed by atoms with Crippen LogP contribution < -0.4 is 38.9 Å². The Morgan fingerprint density at radius 3 is 2.34 bits per heavy atom. The van der Waals surface area contributed by atoms with Crippen molar-refractivity contribution in [3.05, 3.63) is 46.6 Å². The van der Waals surface area contributed by atoms with Crippen LogP contribution in [0.2, 0.25) is 0 Å². The molecular formula is C32H40INO10. The molecule has 1 aliphatic heterocycles. The van der Waals surface area contributed by atoms with Crippen molar-refractivity contribution < 1.29 is 71.4 Å². The van der Waals surface area contributed by atoms with Gasteiger partial charge in [0.1, 0.15) is 48.5 Å². The summed E-state index contributed by atoms with van der Waals surface area (Å²) in [5.74, 6) is -2.16. The van der Waals surface area contributed by atoms with E-state index in [1.54, 1.807) is 25.3 Å². The highest BCUT2D eigenvalue weighted by Crippen LogP contribution is 2.67. The molecular weight excluding hydrogens is 685 g/mol. The number of halogens is 1. The number of hydrogen-bond acceptors (Lipinski definition) is 10. The average molecular weight is 726 g/mol. The van der Waals surface area contributed by atoms with Crippen LogP contribution in [-0.4, -0.2) is 47.4 Å². The third-order valence-corrected chi connectivity index (χ3v) is 10.0. The zero-order chi connectivity index (χ0) is 31.5. The average Bonchev–Trinajstić information content (AvgIpc) is 2.89. The Hall–Kier alpha value is -3.00. The fourth-order valence-corrected chi connectivity index (χ4v) is 8.26. The molecule has 3 unspecified atom stereocenters. The van der Waals surface area contributed by atoms with Gasteiger partial charge in [0.2, 0.25) is 0 Å². The number of nitrogens with zero attached hydrogens (tertiary/aromatic N) is 1. The van der Waals surface area contributed by atoms with Crippen LogP contribution in [-0.2, 0) is 35.6 Å². The molecule has 0 bridgehead atoms. The Labute approximate surface area is 273 Å². The third kappa shape index (κ3) is 5.63. The molecule has 12 heteroatoms. The van der Waals surface area contributed by atoms with E-state index in [4.69, 9.17) is 23.4 Å². The summed E-state index contributed by atoms with van der Waals surface area (Å²) in [5.41, 5.74) is -2.95. The lowest BCUT2D eigenvalue weighted by atomic mass is 9.42. The lowest BCUT2D eigenvalue weighted by molar-refractivity contribution is -0.671. The predicted molar refractivity (Wildman–Crippen MR) is 150 cm³/mol. The number of hydrogen-bond donors (Lipinski definition) is 1. The van der Waals surface area contributed by atoms with Crippen molar-refractivity contribution >= 4 is 17.9 Å². The van der Waals surface area contributed by atoms with Crippen LogP contribution in [0.5, 0.6) is 5.75 Å². The quantitative estimate of drug-likeness (QED) is 0.197. The van der Waals surface area contributed by atoms with Gasteiger partial charge in [0, 0.05) is 44.2 Å². The second kappa shape index (κ2) is 12.1. The van der Waals surface area contributed by atoms with Crippen LogP contribution >= 0.6 is 0 Å². The van der Waals surface area contributed by atoms with E-state index in [9.17, 15) is 24.3 Å². The lowest BCUT2D eigenvalue weighted by Gasteiger charge is -2.66. The van der Waals surface area contributed by atoms with Crippen molar-refractivity contribution in [3.8, 4) is 17.1 Å². The first-order chi connectivity index (χ1) is 20.1. The monoisotopic (exact) mass is 725 g/mol. The highest BCUT2D eigenvalue weighted by molar-refractivity contribution is 5.67. The van der Waals surface area contributed by atoms with Gasteiger partial charge in [-0.3, -0.25) is 14.4 Å². The molecule has 240 valence electrons. The van der Waals surface area contributed by atoms with Crippen molar-refractivity contribution in [1.29, 1.82) is 0 Å². The molecule has 1 N–H and O–H groups in total. The number of esters is 3. The Kier molecular flexibility index (Phi) is 9.29. The number of fused-ring (bicyclic) bond motifs is 4. The minimum absolute atomic E-state index is 0. The molecule has 2 aromatic heterocycles. The molecule has 2 fully saturated rings. The van der Waals surface area contributed by atoms with E-state index in [1.165, 1.54) is 20.8 Å². The SMILES string of the molecule is CC(=O)OC[C@@]1(C)C2C[C@H](OC(C)=O)[C@@]3(C)Oc4cc(-c5ccc[n+](C)c5)oc(=O)c4C(O)C3[C@@]2(C)CC[C@@H]1OC(C)=O.[I-]. The molecule has 0 amide bonds. The lowest BCUT2D eigenvalue weighted by Crippen LogP contribution is -3.00. The van der Waals surface area contributed by atoms with E-state index < -0.39 is 64.2 Å². The van der Waals surface area contributed by atoms with Gasteiger partial charge in [-0.15, -0.1) is 0 Å². The van der Waals surface area contributed by atoms with Crippen LogP contribution in [0.25, 0.3) is 11.3 Å². The van der Waals surface area contributed by atoms with Crippen molar-refractivity contribution in [1.82, 2.24) is 0 Å². The zero-order valence-corrected chi connectivity index (χ0v) is 28.2. The molecule has 3 aliphatic rings. The Bertz CT molecular complexity index is 1520. The van der Waals surface area contributed by atoms with E-state index in [0.29, 0.717) is 18.4 Å². The third-order valence-electron chi connectivity index (χ3n) is 10.0. The van der Waals surface area contributed by atoms with E-state index in [2.05, 4.69) is 0 Å². The molecule has 0 radical (unpaired) electrons. The number of pyridine rings is 1. The first kappa shape index (κ1) is 33.9. The second-order valence-electron chi connectivity index (χ2n) is 13.0. The van der Waals surface area contributed by atoms with Crippen molar-refractivity contribution in [2.45, 2.75) is 84.7 Å². The molecule has 2 aliphatic carbocycles. The zero-order valence-electron chi connectivity index (χ0n) is 26.0. The van der Waals surface area contributed by atoms with E-state index in [-0.39, 0.29) is 60.0 Å². The summed E-state index contributed by atoms with van der Waals surface area (Å²) in [6, 6.07) is 5.21. The van der Waals surface area contributed by atoms with Gasteiger partial charge in [-0.05, 0) is 43.6 Å². The number of carbonyl (C=O) groups is 3. The van der Waals surface area contributed by atoms with Gasteiger partial charge in [-0.25, -0.2) is 9.36 Å². The van der Waals surface area contributed by atoms with Crippen LogP contribution in [0.15, 0.2) is 39.8 Å². The van der Waals surface area contributed by atoms with Crippen molar-refractivity contribution in [2.75, 3.05) is 6.61 Å². The Balaban J connectivity index is 0.00000442. The van der Waals surface area contributed by atoms with Gasteiger partial charge in [0.15, 0.2) is 12.4 Å². The first-order valence-electron chi connectivity index (χ1n) is 14.6. The molecule has 2 saturated carbocycles. The van der Waals surface area contributed by atoms with Gasteiger partial charge >= 0.3 is 23.5 Å². The number of aromatic nitrogens is 1. The molecule has 11 nitrogen and oxygen atoms in total. The Morgan fingerprint density at radius 2 is 1.73 bits per heavy atom.